The maximum absolute atomic E-state index is 11.4. The van der Waals surface area contributed by atoms with Gasteiger partial charge in [0.1, 0.15) is 12.4 Å². The molecular weight excluding hydrogens is 276 g/mol. The first-order valence-electron chi connectivity index (χ1n) is 6.60. The third-order valence-corrected chi connectivity index (χ3v) is 2.95. The van der Waals surface area contributed by atoms with Crippen LogP contribution in [0.1, 0.15) is 18.1 Å². The summed E-state index contributed by atoms with van der Waals surface area (Å²) in [6, 6.07) is 1.84. The lowest BCUT2D eigenvalue weighted by Crippen LogP contribution is -2.09. The SMILES string of the molecule is C=CCc1cc2c(c(COC(=O)OCC)c1OC)OCO2. The van der Waals surface area contributed by atoms with Gasteiger partial charge in [-0.2, -0.15) is 0 Å². The van der Waals surface area contributed by atoms with Gasteiger partial charge in [-0.05, 0) is 19.4 Å². The van der Waals surface area contributed by atoms with Crippen molar-refractivity contribution in [3.05, 3.63) is 29.8 Å². The van der Waals surface area contributed by atoms with Gasteiger partial charge in [0, 0.05) is 5.56 Å². The Hall–Kier alpha value is -2.37. The van der Waals surface area contributed by atoms with Gasteiger partial charge in [0.15, 0.2) is 11.5 Å². The minimum atomic E-state index is -0.735. The molecule has 0 atom stereocenters. The molecule has 0 amide bonds. The van der Waals surface area contributed by atoms with Crippen molar-refractivity contribution in [2.45, 2.75) is 20.0 Å². The summed E-state index contributed by atoms with van der Waals surface area (Å²) in [5, 5.41) is 0. The Morgan fingerprint density at radius 2 is 2.24 bits per heavy atom. The van der Waals surface area contributed by atoms with Crippen LogP contribution < -0.4 is 14.2 Å². The second-order valence-electron chi connectivity index (χ2n) is 4.25. The molecule has 0 aromatic heterocycles. The second-order valence-corrected chi connectivity index (χ2v) is 4.25. The third-order valence-electron chi connectivity index (χ3n) is 2.95. The molecule has 114 valence electrons. The van der Waals surface area contributed by atoms with E-state index in [0.717, 1.165) is 5.56 Å². The molecule has 0 saturated heterocycles. The standard InChI is InChI=1S/C15H18O6/c1-4-6-10-7-12-14(21-9-20-12)11(13(10)17-3)8-19-15(16)18-5-2/h4,7H,1,5-6,8-9H2,2-3H3. The number of allylic oxidation sites excluding steroid dienone is 1. The molecule has 0 aliphatic carbocycles. The van der Waals surface area contributed by atoms with Crippen molar-refractivity contribution in [3.63, 3.8) is 0 Å². The molecule has 2 rings (SSSR count). The Kier molecular flexibility index (Phi) is 4.92. The van der Waals surface area contributed by atoms with Gasteiger partial charge in [-0.15, -0.1) is 6.58 Å². The number of methoxy groups -OCH3 is 1. The van der Waals surface area contributed by atoms with Crippen molar-refractivity contribution in [2.24, 2.45) is 0 Å². The van der Waals surface area contributed by atoms with Crippen molar-refractivity contribution in [1.82, 2.24) is 0 Å². The lowest BCUT2D eigenvalue weighted by molar-refractivity contribution is 0.0525. The maximum Gasteiger partial charge on any atom is 0.508 e. The van der Waals surface area contributed by atoms with E-state index in [1.165, 1.54) is 0 Å². The molecule has 6 heteroatoms. The van der Waals surface area contributed by atoms with Crippen molar-refractivity contribution in [2.75, 3.05) is 20.5 Å². The molecule has 1 aliphatic rings. The Morgan fingerprint density at radius 3 is 2.90 bits per heavy atom. The largest absolute Gasteiger partial charge is 0.508 e. The molecular formula is C15H18O6. The molecule has 0 radical (unpaired) electrons. The van der Waals surface area contributed by atoms with Crippen LogP contribution in [0.25, 0.3) is 0 Å². The van der Waals surface area contributed by atoms with Crippen LogP contribution in [0, 0.1) is 0 Å². The molecule has 0 bridgehead atoms. The molecule has 0 N–H and O–H groups in total. The summed E-state index contributed by atoms with van der Waals surface area (Å²) in [4.78, 5) is 11.4. The van der Waals surface area contributed by atoms with Crippen LogP contribution in [0.3, 0.4) is 0 Å². The fourth-order valence-electron chi connectivity index (χ4n) is 2.14. The molecule has 6 nitrogen and oxygen atoms in total. The fourth-order valence-corrected chi connectivity index (χ4v) is 2.14. The van der Waals surface area contributed by atoms with Gasteiger partial charge < -0.3 is 23.7 Å². The molecule has 0 unspecified atom stereocenters. The average Bonchev–Trinajstić information content (AvgIpc) is 2.93. The minimum absolute atomic E-state index is 0.0152. The first kappa shape index (κ1) is 15.0. The highest BCUT2D eigenvalue weighted by atomic mass is 16.7. The van der Waals surface area contributed by atoms with E-state index in [9.17, 15) is 4.79 Å². The Morgan fingerprint density at radius 1 is 1.43 bits per heavy atom. The summed E-state index contributed by atoms with van der Waals surface area (Å²) < 4.78 is 26.1. The van der Waals surface area contributed by atoms with E-state index in [4.69, 9.17) is 23.7 Å². The van der Waals surface area contributed by atoms with E-state index >= 15 is 0 Å². The summed E-state index contributed by atoms with van der Waals surface area (Å²) in [5.41, 5.74) is 1.51. The van der Waals surface area contributed by atoms with Crippen LogP contribution >= 0.6 is 0 Å². The molecule has 1 aromatic rings. The number of rotatable bonds is 6. The first-order chi connectivity index (χ1) is 10.2. The van der Waals surface area contributed by atoms with Crippen LogP contribution in [0.5, 0.6) is 17.2 Å². The minimum Gasteiger partial charge on any atom is -0.496 e. The van der Waals surface area contributed by atoms with Crippen LogP contribution in [0.2, 0.25) is 0 Å². The Balaban J connectivity index is 2.32. The first-order valence-corrected chi connectivity index (χ1v) is 6.60. The van der Waals surface area contributed by atoms with Gasteiger partial charge in [0.05, 0.1) is 19.3 Å². The summed E-state index contributed by atoms with van der Waals surface area (Å²) in [7, 11) is 1.55. The summed E-state index contributed by atoms with van der Waals surface area (Å²) >= 11 is 0. The van der Waals surface area contributed by atoms with Gasteiger partial charge in [-0.3, -0.25) is 0 Å². The molecule has 21 heavy (non-hydrogen) atoms. The van der Waals surface area contributed by atoms with E-state index in [2.05, 4.69) is 6.58 Å². The molecule has 0 saturated carbocycles. The van der Waals surface area contributed by atoms with Gasteiger partial charge in [0.2, 0.25) is 6.79 Å². The van der Waals surface area contributed by atoms with Crippen LogP contribution in [-0.4, -0.2) is 26.7 Å². The zero-order valence-electron chi connectivity index (χ0n) is 12.1. The van der Waals surface area contributed by atoms with Gasteiger partial charge in [-0.1, -0.05) is 6.08 Å². The lowest BCUT2D eigenvalue weighted by atomic mass is 10.0. The van der Waals surface area contributed by atoms with Gasteiger partial charge in [-0.25, -0.2) is 4.79 Å². The lowest BCUT2D eigenvalue weighted by Gasteiger charge is -2.15. The quantitative estimate of drug-likeness (QED) is 0.594. The van der Waals surface area contributed by atoms with Gasteiger partial charge >= 0.3 is 6.16 Å². The maximum atomic E-state index is 11.4. The third kappa shape index (κ3) is 3.21. The van der Waals surface area contributed by atoms with Crippen LogP contribution in [0.15, 0.2) is 18.7 Å². The highest BCUT2D eigenvalue weighted by Crippen LogP contribution is 2.43. The van der Waals surface area contributed by atoms with E-state index in [1.54, 1.807) is 20.1 Å². The summed E-state index contributed by atoms with van der Waals surface area (Å²) in [6.07, 6.45) is 1.63. The number of benzene rings is 1. The van der Waals surface area contributed by atoms with Crippen molar-refractivity contribution < 1.29 is 28.5 Å². The predicted octanol–water partition coefficient (Wildman–Crippen LogP) is 2.83. The van der Waals surface area contributed by atoms with Gasteiger partial charge in [0.25, 0.3) is 0 Å². The monoisotopic (exact) mass is 294 g/mol. The van der Waals surface area contributed by atoms with Crippen LogP contribution in [0.4, 0.5) is 4.79 Å². The van der Waals surface area contributed by atoms with Crippen molar-refractivity contribution >= 4 is 6.16 Å². The fraction of sp³-hybridized carbons (Fsp3) is 0.400. The Labute approximate surface area is 123 Å². The van der Waals surface area contributed by atoms with E-state index in [-0.39, 0.29) is 20.0 Å². The number of hydrogen-bond donors (Lipinski definition) is 0. The highest BCUT2D eigenvalue weighted by Gasteiger charge is 2.25. The summed E-state index contributed by atoms with van der Waals surface area (Å²) in [6.45, 7) is 5.80. The highest BCUT2D eigenvalue weighted by molar-refractivity contribution is 5.62. The molecule has 1 aromatic carbocycles. The number of ether oxygens (including phenoxy) is 5. The molecule has 0 fully saturated rings. The van der Waals surface area contributed by atoms with E-state index in [0.29, 0.717) is 29.2 Å². The van der Waals surface area contributed by atoms with Crippen molar-refractivity contribution in [3.8, 4) is 17.2 Å². The number of carbonyl (C=O) groups excluding carboxylic acids is 1. The number of fused-ring (bicyclic) bond motifs is 1. The number of hydrogen-bond acceptors (Lipinski definition) is 6. The average molecular weight is 294 g/mol. The van der Waals surface area contributed by atoms with Crippen molar-refractivity contribution in [1.29, 1.82) is 0 Å². The molecule has 1 heterocycles. The normalized spacial score (nSPS) is 11.9. The van der Waals surface area contributed by atoms with E-state index < -0.39 is 6.16 Å². The molecule has 1 aliphatic heterocycles. The zero-order valence-corrected chi connectivity index (χ0v) is 12.1. The second kappa shape index (κ2) is 6.88. The zero-order chi connectivity index (χ0) is 15.2. The Bertz CT molecular complexity index is 537. The molecule has 0 spiro atoms. The summed E-state index contributed by atoms with van der Waals surface area (Å²) in [5.74, 6) is 1.74. The smallest absolute Gasteiger partial charge is 0.496 e. The number of carbonyl (C=O) groups is 1. The van der Waals surface area contributed by atoms with Crippen LogP contribution in [-0.2, 0) is 22.5 Å². The van der Waals surface area contributed by atoms with E-state index in [1.807, 2.05) is 6.07 Å². The topological polar surface area (TPSA) is 63.2 Å². The predicted molar refractivity (Wildman–Crippen MR) is 74.8 cm³/mol.